The first kappa shape index (κ1) is 23.5. The van der Waals surface area contributed by atoms with E-state index in [0.717, 1.165) is 31.2 Å². The topological polar surface area (TPSA) is 37.7 Å². The molecule has 0 spiro atoms. The molecule has 0 bridgehead atoms. The second kappa shape index (κ2) is 9.81. The number of halogens is 4. The van der Waals surface area contributed by atoms with E-state index in [4.69, 9.17) is 38.0 Å². The van der Waals surface area contributed by atoms with Crippen molar-refractivity contribution in [3.05, 3.63) is 96.6 Å². The van der Waals surface area contributed by atoms with Crippen molar-refractivity contribution in [2.24, 2.45) is 5.10 Å². The smallest absolute Gasteiger partial charge is 0.207 e. The van der Waals surface area contributed by atoms with Crippen LogP contribution in [0.15, 0.2) is 71.1 Å². The largest absolute Gasteiger partial charge is 0.494 e. The maximum absolute atomic E-state index is 14.4. The van der Waals surface area contributed by atoms with Crippen molar-refractivity contribution >= 4 is 68.0 Å². The first-order chi connectivity index (χ1) is 16.4. The Hall–Kier alpha value is -2.20. The Kier molecular flexibility index (Phi) is 6.79. The first-order valence-corrected chi connectivity index (χ1v) is 13.0. The first-order valence-electron chi connectivity index (χ1n) is 10.3. The van der Waals surface area contributed by atoms with Crippen LogP contribution in [0.4, 0.5) is 9.52 Å². The number of anilines is 1. The van der Waals surface area contributed by atoms with Gasteiger partial charge in [-0.15, -0.1) is 11.3 Å². The summed E-state index contributed by atoms with van der Waals surface area (Å²) in [6.45, 7) is 0. The van der Waals surface area contributed by atoms with Crippen molar-refractivity contribution < 1.29 is 9.13 Å². The molecule has 172 valence electrons. The highest BCUT2D eigenvalue weighted by atomic mass is 127. The van der Waals surface area contributed by atoms with Gasteiger partial charge in [-0.25, -0.2) is 14.4 Å². The minimum absolute atomic E-state index is 0.193. The van der Waals surface area contributed by atoms with Crippen molar-refractivity contribution in [1.29, 1.82) is 0 Å². The molecule has 3 aromatic carbocycles. The predicted octanol–water partition coefficient (Wildman–Crippen LogP) is 8.22. The molecule has 0 unspecified atom stereocenters. The third-order valence-electron chi connectivity index (χ3n) is 5.54. The summed E-state index contributed by atoms with van der Waals surface area (Å²) in [6, 6.07) is 18.3. The summed E-state index contributed by atoms with van der Waals surface area (Å²) in [5.41, 5.74) is 4.21. The van der Waals surface area contributed by atoms with Crippen LogP contribution >= 0.6 is 57.1 Å². The molecule has 34 heavy (non-hydrogen) atoms. The Labute approximate surface area is 224 Å². The third-order valence-corrected chi connectivity index (χ3v) is 7.66. The van der Waals surface area contributed by atoms with E-state index in [1.165, 1.54) is 24.5 Å². The van der Waals surface area contributed by atoms with Crippen molar-refractivity contribution in [2.45, 2.75) is 12.5 Å². The fraction of sp³-hybridized carbons (Fsp3) is 0.120. The number of rotatable bonds is 5. The zero-order valence-corrected chi connectivity index (χ0v) is 22.3. The highest BCUT2D eigenvalue weighted by Gasteiger charge is 2.33. The lowest BCUT2D eigenvalue weighted by Crippen LogP contribution is -2.18. The van der Waals surface area contributed by atoms with Gasteiger partial charge in [-0.2, -0.15) is 5.10 Å². The van der Waals surface area contributed by atoms with Crippen LogP contribution in [0.25, 0.3) is 11.3 Å². The molecule has 0 aliphatic carbocycles. The van der Waals surface area contributed by atoms with Gasteiger partial charge in [0.05, 0.1) is 24.6 Å². The highest BCUT2D eigenvalue weighted by Crippen LogP contribution is 2.42. The van der Waals surface area contributed by atoms with E-state index in [-0.39, 0.29) is 11.8 Å². The summed E-state index contributed by atoms with van der Waals surface area (Å²) in [5.74, 6) is -0.240. The second-order valence-electron chi connectivity index (χ2n) is 7.65. The summed E-state index contributed by atoms with van der Waals surface area (Å²) in [7, 11) is 1.44. The lowest BCUT2D eigenvalue weighted by molar-refractivity contribution is 0.386. The normalized spacial score (nSPS) is 15.5. The zero-order valence-electron chi connectivity index (χ0n) is 17.8. The summed E-state index contributed by atoms with van der Waals surface area (Å²) in [6.07, 6.45) is 0.533. The number of thiazole rings is 1. The molecule has 4 nitrogen and oxygen atoms in total. The predicted molar refractivity (Wildman–Crippen MR) is 146 cm³/mol. The molecular weight excluding hydrogens is 607 g/mol. The fourth-order valence-corrected chi connectivity index (χ4v) is 5.57. The average molecular weight is 624 g/mol. The average Bonchev–Trinajstić information content (AvgIpc) is 3.47. The molecule has 9 heteroatoms. The molecule has 0 amide bonds. The van der Waals surface area contributed by atoms with Crippen LogP contribution < -0.4 is 9.75 Å². The Balaban J connectivity index is 1.55. The van der Waals surface area contributed by atoms with Crippen LogP contribution in [-0.4, -0.2) is 17.8 Å². The van der Waals surface area contributed by atoms with Gasteiger partial charge in [-0.1, -0.05) is 41.4 Å². The molecule has 5 rings (SSSR count). The van der Waals surface area contributed by atoms with Gasteiger partial charge in [0, 0.05) is 36.5 Å². The van der Waals surface area contributed by atoms with Crippen LogP contribution in [-0.2, 0) is 0 Å². The van der Waals surface area contributed by atoms with Crippen LogP contribution in [0.3, 0.4) is 0 Å². The Morgan fingerprint density at radius 2 is 1.82 bits per heavy atom. The molecule has 1 aliphatic rings. The van der Waals surface area contributed by atoms with Gasteiger partial charge in [-0.3, -0.25) is 0 Å². The van der Waals surface area contributed by atoms with Crippen LogP contribution in [0, 0.1) is 9.39 Å². The van der Waals surface area contributed by atoms with Crippen molar-refractivity contribution in [2.75, 3.05) is 12.1 Å². The molecule has 0 saturated heterocycles. The van der Waals surface area contributed by atoms with Crippen LogP contribution in [0.5, 0.6) is 5.75 Å². The number of methoxy groups -OCH3 is 1. The summed E-state index contributed by atoms with van der Waals surface area (Å²) < 4.78 is 20.7. The van der Waals surface area contributed by atoms with Gasteiger partial charge in [0.25, 0.3) is 0 Å². The molecule has 0 fully saturated rings. The minimum atomic E-state index is -0.433. The molecule has 1 atom stereocenters. The summed E-state index contributed by atoms with van der Waals surface area (Å²) >= 11 is 16.5. The number of hydrogen-bond acceptors (Lipinski definition) is 5. The third kappa shape index (κ3) is 4.66. The van der Waals surface area contributed by atoms with E-state index in [1.807, 2.05) is 40.7 Å². The maximum Gasteiger partial charge on any atom is 0.207 e. The second-order valence-corrected chi connectivity index (χ2v) is 10.6. The molecule has 2 heterocycles. The van der Waals surface area contributed by atoms with Gasteiger partial charge >= 0.3 is 0 Å². The molecule has 1 aromatic heterocycles. The molecule has 4 aromatic rings. The number of benzene rings is 3. The van der Waals surface area contributed by atoms with Gasteiger partial charge in [0.1, 0.15) is 0 Å². The molecule has 0 saturated carbocycles. The zero-order chi connectivity index (χ0) is 23.8. The summed E-state index contributed by atoms with van der Waals surface area (Å²) in [4.78, 5) is 4.86. The number of ether oxygens (including phenoxy) is 1. The van der Waals surface area contributed by atoms with E-state index < -0.39 is 5.82 Å². The number of aromatic nitrogens is 1. The molecular formula is C25H17Cl2FIN3OS. The van der Waals surface area contributed by atoms with E-state index in [2.05, 4.69) is 34.7 Å². The van der Waals surface area contributed by atoms with E-state index in [9.17, 15) is 4.39 Å². The number of hydrogen-bond donors (Lipinski definition) is 0. The Morgan fingerprint density at radius 1 is 1.06 bits per heavy atom. The molecule has 1 aliphatic heterocycles. The number of nitrogens with zero attached hydrogens (tertiary/aromatic N) is 3. The van der Waals surface area contributed by atoms with Gasteiger partial charge in [0.2, 0.25) is 5.13 Å². The van der Waals surface area contributed by atoms with Crippen molar-refractivity contribution in [3.63, 3.8) is 0 Å². The highest BCUT2D eigenvalue weighted by molar-refractivity contribution is 14.1. The standard InChI is InChI=1S/C25H17Cl2FIN3OS/c1-33-24-9-4-15(10-20(24)28)21-12-23(18-8-5-16(26)11-19(18)27)32(31-21)25-30-22(13-34-25)14-2-6-17(29)7-3-14/h2-11,13,23H,12H2,1H3/t23-/m1/s1. The van der Waals surface area contributed by atoms with Crippen molar-refractivity contribution in [1.82, 2.24) is 4.98 Å². The van der Waals surface area contributed by atoms with Gasteiger partial charge in [-0.05, 0) is 70.6 Å². The molecule has 0 N–H and O–H groups in total. The molecule has 0 radical (unpaired) electrons. The summed E-state index contributed by atoms with van der Waals surface area (Å²) in [5, 5.41) is 10.6. The van der Waals surface area contributed by atoms with Gasteiger partial charge < -0.3 is 4.74 Å². The van der Waals surface area contributed by atoms with Gasteiger partial charge in [0.15, 0.2) is 11.6 Å². The van der Waals surface area contributed by atoms with Crippen LogP contribution in [0.2, 0.25) is 10.0 Å². The van der Waals surface area contributed by atoms with Crippen LogP contribution in [0.1, 0.15) is 23.6 Å². The lowest BCUT2D eigenvalue weighted by atomic mass is 9.98. The SMILES string of the molecule is COc1ccc(C2=NN(c3nc(-c4ccc(I)cc4)cs3)[C@@H](c3ccc(Cl)cc3Cl)C2)cc1F. The van der Waals surface area contributed by atoms with E-state index in [1.54, 1.807) is 12.1 Å². The Bertz CT molecular complexity index is 1390. The van der Waals surface area contributed by atoms with Crippen molar-refractivity contribution in [3.8, 4) is 17.0 Å². The minimum Gasteiger partial charge on any atom is -0.494 e. The quantitative estimate of drug-likeness (QED) is 0.210. The monoisotopic (exact) mass is 623 g/mol. The number of hydrazone groups is 1. The Morgan fingerprint density at radius 3 is 2.53 bits per heavy atom. The maximum atomic E-state index is 14.4. The fourth-order valence-electron chi connectivity index (χ4n) is 3.84. The lowest BCUT2D eigenvalue weighted by Gasteiger charge is -2.22. The van der Waals surface area contributed by atoms with E-state index >= 15 is 0 Å². The van der Waals surface area contributed by atoms with E-state index in [0.29, 0.717) is 22.0 Å².